The Labute approximate surface area is 105 Å². The van der Waals surface area contributed by atoms with Gasteiger partial charge in [-0.25, -0.2) is 4.79 Å². The van der Waals surface area contributed by atoms with Gasteiger partial charge in [0.05, 0.1) is 10.6 Å². The third-order valence-corrected chi connectivity index (χ3v) is 2.57. The maximum absolute atomic E-state index is 10.7. The lowest BCUT2D eigenvalue weighted by atomic mass is 9.98. The first-order valence-electron chi connectivity index (χ1n) is 4.45. The molecule has 0 aliphatic heterocycles. The van der Waals surface area contributed by atoms with E-state index in [-0.39, 0.29) is 28.4 Å². The zero-order chi connectivity index (χ0) is 11.6. The molecule has 0 saturated heterocycles. The Kier molecular flexibility index (Phi) is 4.85. The fourth-order valence-electron chi connectivity index (χ4n) is 0.883. The van der Waals surface area contributed by atoms with Gasteiger partial charge in [-0.1, -0.05) is 11.8 Å². The van der Waals surface area contributed by atoms with Gasteiger partial charge in [-0.05, 0) is 26.8 Å². The third kappa shape index (κ3) is 4.13. The summed E-state index contributed by atoms with van der Waals surface area (Å²) in [5, 5.41) is 8.79. The van der Waals surface area contributed by atoms with E-state index in [2.05, 4.69) is 11.8 Å². The van der Waals surface area contributed by atoms with Crippen LogP contribution in [0.5, 0.6) is 0 Å². The van der Waals surface area contributed by atoms with E-state index >= 15 is 0 Å². The van der Waals surface area contributed by atoms with Crippen molar-refractivity contribution in [2.75, 3.05) is 5.73 Å². The number of anilines is 1. The minimum absolute atomic E-state index is 0. The van der Waals surface area contributed by atoms with Gasteiger partial charge in [-0.2, -0.15) is 0 Å². The summed E-state index contributed by atoms with van der Waals surface area (Å²) in [4.78, 5) is 11.6. The first kappa shape index (κ1) is 14.8. The van der Waals surface area contributed by atoms with E-state index in [1.807, 2.05) is 20.8 Å². The van der Waals surface area contributed by atoms with Gasteiger partial charge in [-0.3, -0.25) is 0 Å². The summed E-state index contributed by atoms with van der Waals surface area (Å²) in [7, 11) is 0. The highest BCUT2D eigenvalue weighted by atomic mass is 35.5. The topological polar surface area (TPSA) is 63.3 Å². The highest BCUT2D eigenvalue weighted by Crippen LogP contribution is 2.24. The molecule has 1 aromatic rings. The zero-order valence-corrected chi connectivity index (χ0v) is 11.0. The maximum Gasteiger partial charge on any atom is 0.348 e. The Morgan fingerprint density at radius 1 is 1.50 bits per heavy atom. The van der Waals surface area contributed by atoms with Crippen molar-refractivity contribution >= 4 is 35.4 Å². The van der Waals surface area contributed by atoms with Crippen molar-refractivity contribution < 1.29 is 9.90 Å². The van der Waals surface area contributed by atoms with E-state index in [1.54, 1.807) is 6.07 Å². The second-order valence-electron chi connectivity index (χ2n) is 4.20. The van der Waals surface area contributed by atoms with Crippen LogP contribution in [0.1, 0.15) is 35.3 Å². The highest BCUT2D eigenvalue weighted by Gasteiger charge is 2.12. The Morgan fingerprint density at radius 2 is 2.06 bits per heavy atom. The van der Waals surface area contributed by atoms with Crippen molar-refractivity contribution in [2.45, 2.75) is 20.8 Å². The van der Waals surface area contributed by atoms with Crippen molar-refractivity contribution in [1.82, 2.24) is 0 Å². The summed E-state index contributed by atoms with van der Waals surface area (Å²) < 4.78 is 0. The van der Waals surface area contributed by atoms with Crippen LogP contribution in [-0.4, -0.2) is 11.1 Å². The predicted octanol–water partition coefficient (Wildman–Crippen LogP) is 2.85. The molecule has 0 bridgehead atoms. The molecule has 1 rings (SSSR count). The molecule has 0 amide bonds. The van der Waals surface area contributed by atoms with Crippen molar-refractivity contribution in [1.29, 1.82) is 0 Å². The number of carbonyl (C=O) groups is 1. The van der Waals surface area contributed by atoms with E-state index in [9.17, 15) is 4.79 Å². The van der Waals surface area contributed by atoms with Crippen LogP contribution in [0, 0.1) is 17.3 Å². The fourth-order valence-corrected chi connectivity index (χ4v) is 1.65. The highest BCUT2D eigenvalue weighted by molar-refractivity contribution is 7.15. The normalized spacial score (nSPS) is 9.94. The Morgan fingerprint density at radius 3 is 2.44 bits per heavy atom. The van der Waals surface area contributed by atoms with Gasteiger partial charge >= 0.3 is 5.97 Å². The zero-order valence-electron chi connectivity index (χ0n) is 9.33. The monoisotopic (exact) mass is 259 g/mol. The maximum atomic E-state index is 10.7. The number of halogens is 1. The molecule has 0 atom stereocenters. The van der Waals surface area contributed by atoms with Gasteiger partial charge in [0, 0.05) is 5.41 Å². The third-order valence-electron chi connectivity index (χ3n) is 1.52. The second-order valence-corrected chi connectivity index (χ2v) is 5.25. The van der Waals surface area contributed by atoms with Crippen molar-refractivity contribution in [3.05, 3.63) is 15.8 Å². The van der Waals surface area contributed by atoms with Crippen molar-refractivity contribution in [3.63, 3.8) is 0 Å². The lowest BCUT2D eigenvalue weighted by Crippen LogP contribution is -1.98. The molecule has 16 heavy (non-hydrogen) atoms. The first-order chi connectivity index (χ1) is 6.79. The largest absolute Gasteiger partial charge is 0.477 e. The lowest BCUT2D eigenvalue weighted by Gasteiger charge is -2.06. The molecule has 3 N–H and O–H groups in total. The Bertz CT molecular complexity index is 449. The summed E-state index contributed by atoms with van der Waals surface area (Å²) in [6, 6.07) is 1.60. The van der Waals surface area contributed by atoms with Crippen molar-refractivity contribution in [3.8, 4) is 11.8 Å². The van der Waals surface area contributed by atoms with Crippen LogP contribution >= 0.6 is 23.7 Å². The van der Waals surface area contributed by atoms with Crippen LogP contribution < -0.4 is 5.73 Å². The quantitative estimate of drug-likeness (QED) is 0.763. The number of hydrogen-bond donors (Lipinski definition) is 2. The summed E-state index contributed by atoms with van der Waals surface area (Å²) in [6.45, 7) is 5.99. The molecule has 3 nitrogen and oxygen atoms in total. The van der Waals surface area contributed by atoms with Crippen LogP contribution in [0.25, 0.3) is 0 Å². The number of aromatic carboxylic acids is 1. The lowest BCUT2D eigenvalue weighted by molar-refractivity contribution is 0.0703. The molecule has 0 aromatic carbocycles. The minimum Gasteiger partial charge on any atom is -0.477 e. The molecule has 88 valence electrons. The number of carboxylic acid groups (broad SMARTS) is 1. The van der Waals surface area contributed by atoms with Gasteiger partial charge in [0.15, 0.2) is 0 Å². The molecule has 0 aliphatic carbocycles. The molecule has 0 radical (unpaired) electrons. The van der Waals surface area contributed by atoms with Crippen LogP contribution in [-0.2, 0) is 0 Å². The van der Waals surface area contributed by atoms with Gasteiger partial charge < -0.3 is 10.8 Å². The average Bonchev–Trinajstić information content (AvgIpc) is 2.42. The molecule has 0 unspecified atom stereocenters. The predicted molar refractivity (Wildman–Crippen MR) is 69.3 cm³/mol. The molecule has 0 spiro atoms. The van der Waals surface area contributed by atoms with Crippen LogP contribution in [0.4, 0.5) is 5.69 Å². The number of nitrogen functional groups attached to an aromatic ring is 1. The number of carboxylic acids is 1. The standard InChI is InChI=1S/C11H13NO2S.ClH/c1-11(2,3)5-4-7-6-8(12)9(15-7)10(13)14;/h6H,12H2,1-3H3,(H,13,14);1H. The van der Waals surface area contributed by atoms with E-state index in [0.29, 0.717) is 4.88 Å². The van der Waals surface area contributed by atoms with Gasteiger partial charge in [0.2, 0.25) is 0 Å². The minimum atomic E-state index is -0.999. The van der Waals surface area contributed by atoms with Crippen molar-refractivity contribution in [2.24, 2.45) is 5.41 Å². The fraction of sp³-hybridized carbons (Fsp3) is 0.364. The molecule has 1 heterocycles. The second kappa shape index (κ2) is 5.24. The molecule has 1 aromatic heterocycles. The summed E-state index contributed by atoms with van der Waals surface area (Å²) in [5.41, 5.74) is 5.73. The Hall–Kier alpha value is -1.18. The smallest absolute Gasteiger partial charge is 0.348 e. The average molecular weight is 260 g/mol. The molecule has 0 saturated carbocycles. The van der Waals surface area contributed by atoms with E-state index in [1.165, 1.54) is 0 Å². The van der Waals surface area contributed by atoms with Crippen LogP contribution in [0.2, 0.25) is 0 Å². The van der Waals surface area contributed by atoms with Crippen LogP contribution in [0.15, 0.2) is 6.07 Å². The summed E-state index contributed by atoms with van der Waals surface area (Å²) in [5.74, 6) is 4.96. The Balaban J connectivity index is 0.00000225. The number of rotatable bonds is 1. The molecular formula is C11H14ClNO2S. The SMILES string of the molecule is CC(C)(C)C#Cc1cc(N)c(C(=O)O)s1.Cl. The van der Waals surface area contributed by atoms with Crippen LogP contribution in [0.3, 0.4) is 0 Å². The number of hydrogen-bond acceptors (Lipinski definition) is 3. The molecule has 5 heteroatoms. The van der Waals surface area contributed by atoms with Gasteiger partial charge in [0.1, 0.15) is 4.88 Å². The first-order valence-corrected chi connectivity index (χ1v) is 5.27. The van der Waals surface area contributed by atoms with E-state index < -0.39 is 5.97 Å². The number of nitrogens with two attached hydrogens (primary N) is 1. The molecule has 0 fully saturated rings. The molecular weight excluding hydrogens is 246 g/mol. The van der Waals surface area contributed by atoms with E-state index in [4.69, 9.17) is 10.8 Å². The van der Waals surface area contributed by atoms with E-state index in [0.717, 1.165) is 11.3 Å². The van der Waals surface area contributed by atoms with Gasteiger partial charge in [-0.15, -0.1) is 23.7 Å². The summed E-state index contributed by atoms with van der Waals surface area (Å²) >= 11 is 1.11. The summed E-state index contributed by atoms with van der Waals surface area (Å²) in [6.07, 6.45) is 0. The number of thiophene rings is 1. The molecule has 0 aliphatic rings. The van der Waals surface area contributed by atoms with Gasteiger partial charge in [0.25, 0.3) is 0 Å².